The summed E-state index contributed by atoms with van der Waals surface area (Å²) in [6.45, 7) is 0.812. The third-order valence-corrected chi connectivity index (χ3v) is 5.83. The zero-order chi connectivity index (χ0) is 23.3. The number of nitrogens with zero attached hydrogens (tertiary/aromatic N) is 2. The summed E-state index contributed by atoms with van der Waals surface area (Å²) >= 11 is 0. The van der Waals surface area contributed by atoms with E-state index in [4.69, 9.17) is 10.7 Å². The van der Waals surface area contributed by atoms with Crippen LogP contribution in [0, 0.1) is 0 Å². The first-order valence-corrected chi connectivity index (χ1v) is 11.2. The van der Waals surface area contributed by atoms with E-state index in [1.807, 2.05) is 54.6 Å². The molecule has 0 saturated heterocycles. The van der Waals surface area contributed by atoms with Gasteiger partial charge in [-0.1, -0.05) is 72.8 Å². The number of fused-ring (bicyclic) bond motifs is 1. The number of nitrogens with one attached hydrogen (secondary N) is 1. The number of aromatic nitrogens is 2. The molecule has 1 amide bonds. The molecular formula is C29H24N4O. The molecule has 166 valence electrons. The lowest BCUT2D eigenvalue weighted by Gasteiger charge is -2.14. The maximum atomic E-state index is 12.6. The molecule has 0 unspecified atom stereocenters. The molecule has 34 heavy (non-hydrogen) atoms. The van der Waals surface area contributed by atoms with E-state index >= 15 is 0 Å². The Hall–Kier alpha value is -4.35. The molecule has 0 bridgehead atoms. The van der Waals surface area contributed by atoms with Gasteiger partial charge >= 0.3 is 0 Å². The molecule has 3 N–H and O–H groups in total. The average Bonchev–Trinajstić information content (AvgIpc) is 2.92. The molecule has 0 fully saturated rings. The van der Waals surface area contributed by atoms with E-state index < -0.39 is 0 Å². The summed E-state index contributed by atoms with van der Waals surface area (Å²) in [7, 11) is 0. The fraction of sp³-hybridized carbons (Fsp3) is 0.0690. The summed E-state index contributed by atoms with van der Waals surface area (Å²) in [4.78, 5) is 22.2. The number of amides is 1. The molecule has 0 aliphatic heterocycles. The Labute approximate surface area is 198 Å². The number of hydrogen-bond donors (Lipinski definition) is 2. The fourth-order valence-corrected chi connectivity index (χ4v) is 4.01. The normalized spacial score (nSPS) is 10.9. The summed E-state index contributed by atoms with van der Waals surface area (Å²) in [5.74, 6) is -0.132. The molecule has 3 aromatic carbocycles. The van der Waals surface area contributed by atoms with Gasteiger partial charge in [-0.3, -0.25) is 9.78 Å². The number of rotatable bonds is 6. The van der Waals surface area contributed by atoms with E-state index in [2.05, 4.69) is 40.6 Å². The van der Waals surface area contributed by atoms with Crippen molar-refractivity contribution in [3.8, 4) is 22.4 Å². The van der Waals surface area contributed by atoms with E-state index in [1.165, 1.54) is 0 Å². The van der Waals surface area contributed by atoms with Crippen molar-refractivity contribution in [1.29, 1.82) is 0 Å². The number of pyridine rings is 2. The van der Waals surface area contributed by atoms with Gasteiger partial charge in [0, 0.05) is 34.8 Å². The molecule has 0 radical (unpaired) electrons. The largest absolute Gasteiger partial charge is 0.346 e. The summed E-state index contributed by atoms with van der Waals surface area (Å²) in [6, 6.07) is 31.6. The average molecular weight is 445 g/mol. The maximum Gasteiger partial charge on any atom is 0.251 e. The van der Waals surface area contributed by atoms with E-state index in [-0.39, 0.29) is 5.91 Å². The first-order valence-electron chi connectivity index (χ1n) is 11.2. The number of carbonyl (C=O) groups is 1. The van der Waals surface area contributed by atoms with E-state index in [0.717, 1.165) is 44.5 Å². The summed E-state index contributed by atoms with van der Waals surface area (Å²) < 4.78 is 0. The highest BCUT2D eigenvalue weighted by Crippen LogP contribution is 2.34. The molecule has 2 heterocycles. The molecule has 0 spiro atoms. The van der Waals surface area contributed by atoms with Gasteiger partial charge in [-0.2, -0.15) is 0 Å². The Kier molecular flexibility index (Phi) is 6.10. The SMILES string of the molecule is NCc1ccc(-c2nc3ccnc(CNC(=O)c4ccccc4)c3cc2-c2ccccc2)cc1. The summed E-state index contributed by atoms with van der Waals surface area (Å²) in [6.07, 6.45) is 1.74. The number of benzene rings is 3. The van der Waals surface area contributed by atoms with Crippen molar-refractivity contribution >= 4 is 16.8 Å². The molecule has 0 aliphatic rings. The van der Waals surface area contributed by atoms with Gasteiger partial charge in [-0.05, 0) is 35.4 Å². The van der Waals surface area contributed by atoms with Crippen LogP contribution < -0.4 is 11.1 Å². The Morgan fingerprint density at radius 1 is 0.824 bits per heavy atom. The lowest BCUT2D eigenvalue weighted by atomic mass is 9.96. The zero-order valence-corrected chi connectivity index (χ0v) is 18.6. The molecule has 5 aromatic rings. The van der Waals surface area contributed by atoms with Crippen LogP contribution in [0.4, 0.5) is 0 Å². The zero-order valence-electron chi connectivity index (χ0n) is 18.6. The Balaban J connectivity index is 1.58. The van der Waals surface area contributed by atoms with E-state index in [9.17, 15) is 4.79 Å². The van der Waals surface area contributed by atoms with Gasteiger partial charge < -0.3 is 11.1 Å². The minimum Gasteiger partial charge on any atom is -0.346 e. The maximum absolute atomic E-state index is 12.6. The van der Waals surface area contributed by atoms with Gasteiger partial charge in [0.1, 0.15) is 0 Å². The second kappa shape index (κ2) is 9.65. The molecule has 5 rings (SSSR count). The van der Waals surface area contributed by atoms with E-state index in [0.29, 0.717) is 18.7 Å². The highest BCUT2D eigenvalue weighted by molar-refractivity contribution is 5.95. The monoisotopic (exact) mass is 444 g/mol. The predicted octanol–water partition coefficient (Wildman–Crippen LogP) is 5.35. The van der Waals surface area contributed by atoms with Crippen LogP contribution in [0.5, 0.6) is 0 Å². The highest BCUT2D eigenvalue weighted by atomic mass is 16.1. The van der Waals surface area contributed by atoms with Gasteiger partial charge in [-0.15, -0.1) is 0 Å². The number of nitrogens with two attached hydrogens (primary N) is 1. The van der Waals surface area contributed by atoms with Gasteiger partial charge in [0.25, 0.3) is 5.91 Å². The van der Waals surface area contributed by atoms with Crippen LogP contribution in [-0.4, -0.2) is 15.9 Å². The lowest BCUT2D eigenvalue weighted by molar-refractivity contribution is 0.0950. The Morgan fingerprint density at radius 2 is 1.53 bits per heavy atom. The van der Waals surface area contributed by atoms with Crippen molar-refractivity contribution in [3.05, 3.63) is 120 Å². The van der Waals surface area contributed by atoms with E-state index in [1.54, 1.807) is 18.3 Å². The van der Waals surface area contributed by atoms with Crippen molar-refractivity contribution in [2.45, 2.75) is 13.1 Å². The Morgan fingerprint density at radius 3 is 2.24 bits per heavy atom. The van der Waals surface area contributed by atoms with Gasteiger partial charge in [0.2, 0.25) is 0 Å². The lowest BCUT2D eigenvalue weighted by Crippen LogP contribution is -2.23. The summed E-state index contributed by atoms with van der Waals surface area (Å²) in [5.41, 5.74) is 13.1. The molecule has 0 atom stereocenters. The highest BCUT2D eigenvalue weighted by Gasteiger charge is 2.15. The van der Waals surface area contributed by atoms with Crippen LogP contribution in [0.3, 0.4) is 0 Å². The molecule has 0 saturated carbocycles. The quantitative estimate of drug-likeness (QED) is 0.370. The fourth-order valence-electron chi connectivity index (χ4n) is 4.01. The van der Waals surface area contributed by atoms with Crippen LogP contribution in [-0.2, 0) is 13.1 Å². The first-order chi connectivity index (χ1) is 16.7. The molecular weight excluding hydrogens is 420 g/mol. The molecule has 0 aliphatic carbocycles. The van der Waals surface area contributed by atoms with Crippen LogP contribution in [0.1, 0.15) is 21.6 Å². The second-order valence-corrected chi connectivity index (χ2v) is 8.02. The number of carbonyl (C=O) groups excluding carboxylic acids is 1. The van der Waals surface area contributed by atoms with Crippen LogP contribution >= 0.6 is 0 Å². The van der Waals surface area contributed by atoms with Crippen molar-refractivity contribution in [1.82, 2.24) is 15.3 Å². The molecule has 5 heteroatoms. The standard InChI is InChI=1S/C29H24N4O/c30-18-20-11-13-22(14-12-20)28-24(21-7-3-1-4-8-21)17-25-26(33-28)15-16-31-27(25)19-32-29(34)23-9-5-2-6-10-23/h1-17H,18-19,30H2,(H,32,34). The number of hydrogen-bond acceptors (Lipinski definition) is 4. The smallest absolute Gasteiger partial charge is 0.251 e. The van der Waals surface area contributed by atoms with Gasteiger partial charge in [-0.25, -0.2) is 4.98 Å². The third-order valence-electron chi connectivity index (χ3n) is 5.83. The third kappa shape index (κ3) is 4.42. The predicted molar refractivity (Wildman–Crippen MR) is 136 cm³/mol. The minimum atomic E-state index is -0.132. The Bertz CT molecular complexity index is 1430. The molecule has 5 nitrogen and oxygen atoms in total. The van der Waals surface area contributed by atoms with Crippen molar-refractivity contribution in [2.75, 3.05) is 0 Å². The van der Waals surface area contributed by atoms with Crippen LogP contribution in [0.2, 0.25) is 0 Å². The second-order valence-electron chi connectivity index (χ2n) is 8.02. The van der Waals surface area contributed by atoms with Gasteiger partial charge in [0.05, 0.1) is 23.4 Å². The molecule has 2 aromatic heterocycles. The summed E-state index contributed by atoms with van der Waals surface area (Å²) in [5, 5.41) is 3.90. The van der Waals surface area contributed by atoms with Crippen LogP contribution in [0.15, 0.2) is 103 Å². The van der Waals surface area contributed by atoms with Crippen molar-refractivity contribution < 1.29 is 4.79 Å². The van der Waals surface area contributed by atoms with Crippen LogP contribution in [0.25, 0.3) is 33.3 Å². The van der Waals surface area contributed by atoms with Crippen molar-refractivity contribution in [2.24, 2.45) is 5.73 Å². The topological polar surface area (TPSA) is 80.9 Å². The van der Waals surface area contributed by atoms with Crippen molar-refractivity contribution in [3.63, 3.8) is 0 Å². The first kappa shape index (κ1) is 21.5. The van der Waals surface area contributed by atoms with Gasteiger partial charge in [0.15, 0.2) is 0 Å². The minimum absolute atomic E-state index is 0.132.